The molecule has 0 unspecified atom stereocenters. The number of amides is 2. The molecule has 9 heteroatoms. The Morgan fingerprint density at radius 1 is 1.17 bits per heavy atom. The first-order chi connectivity index (χ1) is 14.5. The van der Waals surface area contributed by atoms with Crippen molar-refractivity contribution >= 4 is 39.2 Å². The maximum absolute atomic E-state index is 13.2. The molecule has 4 heterocycles. The third kappa shape index (κ3) is 4.26. The number of aryl methyl sites for hydroxylation is 1. The molecule has 2 aliphatic rings. The topological polar surface area (TPSA) is 87.7 Å². The van der Waals surface area contributed by atoms with Crippen molar-refractivity contribution in [3.05, 3.63) is 28.6 Å². The van der Waals surface area contributed by atoms with E-state index >= 15 is 0 Å². The number of fused-ring (bicyclic) bond motifs is 1. The summed E-state index contributed by atoms with van der Waals surface area (Å²) in [5.74, 6) is 1.49. The van der Waals surface area contributed by atoms with Gasteiger partial charge < -0.3 is 19.9 Å². The highest BCUT2D eigenvalue weighted by Gasteiger charge is 2.25. The molecule has 0 spiro atoms. The minimum atomic E-state index is -0.0416. The lowest BCUT2D eigenvalue weighted by Crippen LogP contribution is -2.46. The molecule has 1 saturated heterocycles. The van der Waals surface area contributed by atoms with Gasteiger partial charge in [-0.2, -0.15) is 0 Å². The summed E-state index contributed by atoms with van der Waals surface area (Å²) in [6.07, 6.45) is 3.46. The highest BCUT2D eigenvalue weighted by Crippen LogP contribution is 2.31. The Balaban J connectivity index is 1.59. The molecule has 4 rings (SSSR count). The van der Waals surface area contributed by atoms with E-state index in [0.717, 1.165) is 40.0 Å². The average Bonchev–Trinajstić information content (AvgIpc) is 3.13. The summed E-state index contributed by atoms with van der Waals surface area (Å²) in [5.41, 5.74) is 2.81. The Morgan fingerprint density at radius 2 is 2.03 bits per heavy atom. The van der Waals surface area contributed by atoms with E-state index in [1.807, 2.05) is 13.8 Å². The summed E-state index contributed by atoms with van der Waals surface area (Å²) in [7, 11) is 0. The fraction of sp³-hybridized carbons (Fsp3) is 0.524. The fourth-order valence-electron chi connectivity index (χ4n) is 3.90. The molecule has 2 aromatic rings. The second-order valence-corrected chi connectivity index (χ2v) is 8.54. The zero-order valence-electron chi connectivity index (χ0n) is 17.4. The number of nitrogens with one attached hydrogen (secondary N) is 1. The van der Waals surface area contributed by atoms with Crippen molar-refractivity contribution in [2.24, 2.45) is 0 Å². The van der Waals surface area contributed by atoms with Crippen LogP contribution in [-0.2, 0) is 14.3 Å². The fourth-order valence-corrected chi connectivity index (χ4v) is 4.92. The van der Waals surface area contributed by atoms with Gasteiger partial charge in [-0.15, -0.1) is 11.3 Å². The molecular weight excluding hydrogens is 402 g/mol. The summed E-state index contributed by atoms with van der Waals surface area (Å²) >= 11 is 1.63. The molecule has 2 amide bonds. The summed E-state index contributed by atoms with van der Waals surface area (Å²) in [5, 5.41) is 5.04. The highest BCUT2D eigenvalue weighted by molar-refractivity contribution is 7.18. The molecule has 0 radical (unpaired) electrons. The summed E-state index contributed by atoms with van der Waals surface area (Å²) < 4.78 is 6.63. The van der Waals surface area contributed by atoms with Crippen molar-refractivity contribution in [3.8, 4) is 0 Å². The van der Waals surface area contributed by atoms with Gasteiger partial charge in [0, 0.05) is 39.1 Å². The van der Waals surface area contributed by atoms with Crippen LogP contribution in [-0.4, -0.2) is 66.0 Å². The van der Waals surface area contributed by atoms with Crippen molar-refractivity contribution in [2.75, 3.05) is 44.2 Å². The minimum absolute atomic E-state index is 0.0275. The first-order valence-corrected chi connectivity index (χ1v) is 11.2. The van der Waals surface area contributed by atoms with Gasteiger partial charge in [-0.05, 0) is 37.6 Å². The van der Waals surface area contributed by atoms with Crippen molar-refractivity contribution in [2.45, 2.75) is 33.1 Å². The van der Waals surface area contributed by atoms with E-state index in [-0.39, 0.29) is 11.8 Å². The molecule has 0 atom stereocenters. The average molecular weight is 430 g/mol. The summed E-state index contributed by atoms with van der Waals surface area (Å²) in [6, 6.07) is 0. The van der Waals surface area contributed by atoms with Crippen LogP contribution in [0.3, 0.4) is 0 Å². The van der Waals surface area contributed by atoms with Crippen LogP contribution in [0.5, 0.6) is 0 Å². The standard InChI is InChI=1S/C21H27N5O3S/c1-14-12-30-19-18(14)23-13-24-20(19)25-8-6-22-17(27)5-7-26(10-9-25)21(28)16-4-3-11-29-15(16)2/h12-13H,3-11H2,1-2H3,(H,22,27). The van der Waals surface area contributed by atoms with Gasteiger partial charge in [0.25, 0.3) is 5.91 Å². The normalized spacial score (nSPS) is 18.9. The molecule has 8 nitrogen and oxygen atoms in total. The lowest BCUT2D eigenvalue weighted by Gasteiger charge is -2.31. The van der Waals surface area contributed by atoms with Gasteiger partial charge in [-0.25, -0.2) is 9.97 Å². The van der Waals surface area contributed by atoms with Crippen molar-refractivity contribution < 1.29 is 14.3 Å². The number of aromatic nitrogens is 2. The van der Waals surface area contributed by atoms with E-state index in [1.165, 1.54) is 0 Å². The maximum atomic E-state index is 13.2. The Kier molecular flexibility index (Phi) is 6.17. The zero-order chi connectivity index (χ0) is 21.1. The van der Waals surface area contributed by atoms with Crippen LogP contribution in [0.2, 0.25) is 0 Å². The Bertz CT molecular complexity index is 986. The van der Waals surface area contributed by atoms with E-state index in [9.17, 15) is 9.59 Å². The molecule has 30 heavy (non-hydrogen) atoms. The first kappa shape index (κ1) is 20.6. The number of hydrogen-bond acceptors (Lipinski definition) is 7. The van der Waals surface area contributed by atoms with Gasteiger partial charge in [-0.1, -0.05) is 0 Å². The largest absolute Gasteiger partial charge is 0.498 e. The highest BCUT2D eigenvalue weighted by atomic mass is 32.1. The van der Waals surface area contributed by atoms with Gasteiger partial charge in [-0.3, -0.25) is 9.59 Å². The van der Waals surface area contributed by atoms with Crippen molar-refractivity contribution in [1.82, 2.24) is 20.2 Å². The summed E-state index contributed by atoms with van der Waals surface area (Å²) in [4.78, 5) is 38.3. The molecule has 160 valence electrons. The number of carbonyl (C=O) groups is 2. The molecule has 1 N–H and O–H groups in total. The number of anilines is 1. The predicted octanol–water partition coefficient (Wildman–Crippen LogP) is 2.24. The number of nitrogens with zero attached hydrogens (tertiary/aromatic N) is 4. The van der Waals surface area contributed by atoms with Gasteiger partial charge >= 0.3 is 0 Å². The molecule has 0 saturated carbocycles. The predicted molar refractivity (Wildman–Crippen MR) is 116 cm³/mol. The zero-order valence-corrected chi connectivity index (χ0v) is 18.3. The third-order valence-corrected chi connectivity index (χ3v) is 6.71. The van der Waals surface area contributed by atoms with E-state index < -0.39 is 0 Å². The SMILES string of the molecule is CC1=C(C(=O)N2CCC(=O)NCCN(c3ncnc4c(C)csc34)CC2)CCCO1. The van der Waals surface area contributed by atoms with Crippen molar-refractivity contribution in [1.29, 1.82) is 0 Å². The molecule has 2 aromatic heterocycles. The smallest absolute Gasteiger partial charge is 0.253 e. The van der Waals surface area contributed by atoms with E-state index in [1.54, 1.807) is 22.6 Å². The Morgan fingerprint density at radius 3 is 2.87 bits per heavy atom. The van der Waals surface area contributed by atoms with Crippen LogP contribution in [0.25, 0.3) is 10.2 Å². The lowest BCUT2D eigenvalue weighted by atomic mass is 10.1. The van der Waals surface area contributed by atoms with Crippen LogP contribution in [0.15, 0.2) is 23.0 Å². The quantitative estimate of drug-likeness (QED) is 0.788. The summed E-state index contributed by atoms with van der Waals surface area (Å²) in [6.45, 7) is 7.28. The number of ether oxygens (including phenoxy) is 1. The van der Waals surface area contributed by atoms with E-state index in [0.29, 0.717) is 51.5 Å². The second kappa shape index (κ2) is 8.99. The van der Waals surface area contributed by atoms with Gasteiger partial charge in [0.15, 0.2) is 0 Å². The van der Waals surface area contributed by atoms with Crippen LogP contribution < -0.4 is 10.2 Å². The first-order valence-electron chi connectivity index (χ1n) is 10.4. The number of carbonyl (C=O) groups excluding carboxylic acids is 2. The number of rotatable bonds is 2. The van der Waals surface area contributed by atoms with E-state index in [4.69, 9.17) is 4.74 Å². The van der Waals surface area contributed by atoms with Gasteiger partial charge in [0.2, 0.25) is 5.91 Å². The molecular formula is C21H27N5O3S. The second-order valence-electron chi connectivity index (χ2n) is 7.66. The van der Waals surface area contributed by atoms with Crippen LogP contribution in [0.4, 0.5) is 5.82 Å². The number of thiophene rings is 1. The number of allylic oxidation sites excluding steroid dienone is 1. The van der Waals surface area contributed by atoms with E-state index in [2.05, 4.69) is 25.6 Å². The van der Waals surface area contributed by atoms with Crippen LogP contribution >= 0.6 is 11.3 Å². The minimum Gasteiger partial charge on any atom is -0.498 e. The van der Waals surface area contributed by atoms with Crippen LogP contribution in [0, 0.1) is 6.92 Å². The molecule has 0 aromatic carbocycles. The Labute approximate surface area is 179 Å². The molecule has 0 bridgehead atoms. The monoisotopic (exact) mass is 429 g/mol. The van der Waals surface area contributed by atoms with Crippen molar-refractivity contribution in [3.63, 3.8) is 0 Å². The number of hydrogen-bond donors (Lipinski definition) is 1. The molecule has 0 aliphatic carbocycles. The molecule has 2 aliphatic heterocycles. The maximum Gasteiger partial charge on any atom is 0.253 e. The lowest BCUT2D eigenvalue weighted by molar-refractivity contribution is -0.128. The Hall–Kier alpha value is -2.68. The third-order valence-electron chi connectivity index (χ3n) is 5.62. The van der Waals surface area contributed by atoms with Gasteiger partial charge in [0.1, 0.15) is 17.9 Å². The molecule has 1 fully saturated rings. The van der Waals surface area contributed by atoms with Gasteiger partial charge in [0.05, 0.1) is 22.4 Å². The van der Waals surface area contributed by atoms with Crippen LogP contribution in [0.1, 0.15) is 31.7 Å².